The Hall–Kier alpha value is -2.43. The molecule has 1 aliphatic heterocycles. The number of piperidine rings is 1. The van der Waals surface area contributed by atoms with Gasteiger partial charge in [-0.25, -0.2) is 13.2 Å². The SMILES string of the molecule is CCOC(=O)c1c(NC(=O)c2ccc(OC)c(S(=O)(=O)N3CCCC[C@@H]3C)c2)sc(C)c1C. The summed E-state index contributed by atoms with van der Waals surface area (Å²) in [7, 11) is -2.46. The van der Waals surface area contributed by atoms with Crippen LogP contribution in [0.1, 0.15) is 64.3 Å². The van der Waals surface area contributed by atoms with Gasteiger partial charge in [0.2, 0.25) is 10.0 Å². The zero-order valence-electron chi connectivity index (χ0n) is 19.6. The number of hydrogen-bond donors (Lipinski definition) is 1. The van der Waals surface area contributed by atoms with Gasteiger partial charge in [-0.05, 0) is 64.3 Å². The van der Waals surface area contributed by atoms with Crippen LogP contribution < -0.4 is 10.1 Å². The zero-order valence-corrected chi connectivity index (χ0v) is 21.2. The fourth-order valence-electron chi connectivity index (χ4n) is 3.91. The molecule has 1 atom stereocenters. The third kappa shape index (κ3) is 5.07. The molecule has 1 saturated heterocycles. The molecule has 1 N–H and O–H groups in total. The van der Waals surface area contributed by atoms with Gasteiger partial charge in [-0.3, -0.25) is 4.79 Å². The number of hydrogen-bond acceptors (Lipinski definition) is 7. The Morgan fingerprint density at radius 2 is 1.97 bits per heavy atom. The Labute approximate surface area is 198 Å². The van der Waals surface area contributed by atoms with E-state index in [1.54, 1.807) is 13.8 Å². The van der Waals surface area contributed by atoms with Crippen molar-refractivity contribution in [3.8, 4) is 5.75 Å². The summed E-state index contributed by atoms with van der Waals surface area (Å²) in [6.45, 7) is 7.90. The Balaban J connectivity index is 1.97. The molecule has 2 aromatic rings. The van der Waals surface area contributed by atoms with Gasteiger partial charge in [-0.2, -0.15) is 4.31 Å². The third-order valence-electron chi connectivity index (χ3n) is 5.85. The summed E-state index contributed by atoms with van der Waals surface area (Å²) in [5.41, 5.74) is 1.21. The first-order chi connectivity index (χ1) is 15.6. The number of rotatable bonds is 7. The van der Waals surface area contributed by atoms with Crippen molar-refractivity contribution in [3.05, 3.63) is 39.8 Å². The normalized spacial score (nSPS) is 16.9. The van der Waals surface area contributed by atoms with Crippen molar-refractivity contribution >= 4 is 38.2 Å². The quantitative estimate of drug-likeness (QED) is 0.574. The second-order valence-electron chi connectivity index (χ2n) is 7.99. The van der Waals surface area contributed by atoms with Gasteiger partial charge in [-0.1, -0.05) is 6.42 Å². The van der Waals surface area contributed by atoms with Crippen LogP contribution in [0, 0.1) is 13.8 Å². The van der Waals surface area contributed by atoms with Crippen LogP contribution in [0.2, 0.25) is 0 Å². The summed E-state index contributed by atoms with van der Waals surface area (Å²) in [5.74, 6) is -0.848. The maximum Gasteiger partial charge on any atom is 0.341 e. The lowest BCUT2D eigenvalue weighted by Crippen LogP contribution is -2.42. The first kappa shape index (κ1) is 25.2. The van der Waals surface area contributed by atoms with Crippen molar-refractivity contribution in [3.63, 3.8) is 0 Å². The van der Waals surface area contributed by atoms with Crippen LogP contribution in [-0.2, 0) is 14.8 Å². The highest BCUT2D eigenvalue weighted by molar-refractivity contribution is 7.89. The smallest absolute Gasteiger partial charge is 0.341 e. The monoisotopic (exact) mass is 494 g/mol. The van der Waals surface area contributed by atoms with Crippen LogP contribution in [0.4, 0.5) is 5.00 Å². The average Bonchev–Trinajstić information content (AvgIpc) is 3.06. The van der Waals surface area contributed by atoms with Gasteiger partial charge in [0.15, 0.2) is 0 Å². The molecule has 1 fully saturated rings. The predicted molar refractivity (Wildman–Crippen MR) is 128 cm³/mol. The van der Waals surface area contributed by atoms with E-state index in [4.69, 9.17) is 9.47 Å². The topological polar surface area (TPSA) is 102 Å². The number of nitrogens with zero attached hydrogens (tertiary/aromatic N) is 1. The van der Waals surface area contributed by atoms with E-state index < -0.39 is 21.9 Å². The van der Waals surface area contributed by atoms with E-state index >= 15 is 0 Å². The minimum Gasteiger partial charge on any atom is -0.495 e. The largest absolute Gasteiger partial charge is 0.495 e. The summed E-state index contributed by atoms with van der Waals surface area (Å²) in [6.07, 6.45) is 2.56. The molecular weight excluding hydrogens is 464 g/mol. The molecule has 3 rings (SSSR count). The molecule has 1 aromatic heterocycles. The number of benzene rings is 1. The molecule has 1 aromatic carbocycles. The second kappa shape index (κ2) is 10.2. The zero-order chi connectivity index (χ0) is 24.3. The molecule has 2 heterocycles. The highest BCUT2D eigenvalue weighted by Gasteiger charge is 2.34. The van der Waals surface area contributed by atoms with E-state index in [-0.39, 0.29) is 28.9 Å². The van der Waals surface area contributed by atoms with Crippen LogP contribution in [0.25, 0.3) is 0 Å². The van der Waals surface area contributed by atoms with Gasteiger partial charge < -0.3 is 14.8 Å². The minimum atomic E-state index is -3.86. The predicted octanol–water partition coefficient (Wildman–Crippen LogP) is 4.37. The number of esters is 1. The highest BCUT2D eigenvalue weighted by Crippen LogP contribution is 2.35. The van der Waals surface area contributed by atoms with E-state index in [9.17, 15) is 18.0 Å². The van der Waals surface area contributed by atoms with Gasteiger partial charge in [0.25, 0.3) is 5.91 Å². The molecule has 8 nitrogen and oxygen atoms in total. The summed E-state index contributed by atoms with van der Waals surface area (Å²) in [6, 6.07) is 4.19. The molecule has 1 amide bonds. The van der Waals surface area contributed by atoms with Gasteiger partial charge in [0.1, 0.15) is 15.6 Å². The van der Waals surface area contributed by atoms with Crippen molar-refractivity contribution in [2.75, 3.05) is 25.6 Å². The number of thiophene rings is 1. The summed E-state index contributed by atoms with van der Waals surface area (Å²) in [5, 5.41) is 3.14. The molecule has 0 saturated carbocycles. The first-order valence-corrected chi connectivity index (χ1v) is 13.2. The number of methoxy groups -OCH3 is 1. The first-order valence-electron chi connectivity index (χ1n) is 10.9. The molecule has 10 heteroatoms. The Kier molecular flexibility index (Phi) is 7.81. The van der Waals surface area contributed by atoms with E-state index in [1.165, 1.54) is 41.0 Å². The van der Waals surface area contributed by atoms with Crippen LogP contribution in [-0.4, -0.2) is 50.9 Å². The van der Waals surface area contributed by atoms with Crippen molar-refractivity contribution in [1.82, 2.24) is 4.31 Å². The number of nitrogens with one attached hydrogen (secondary N) is 1. The number of carbonyl (C=O) groups is 2. The highest BCUT2D eigenvalue weighted by atomic mass is 32.2. The summed E-state index contributed by atoms with van der Waals surface area (Å²) >= 11 is 1.27. The molecule has 0 spiro atoms. The molecule has 180 valence electrons. The fraction of sp³-hybridized carbons (Fsp3) is 0.478. The van der Waals surface area contributed by atoms with Gasteiger partial charge >= 0.3 is 5.97 Å². The van der Waals surface area contributed by atoms with Gasteiger partial charge in [-0.15, -0.1) is 11.3 Å². The minimum absolute atomic E-state index is 0.0458. The van der Waals surface area contributed by atoms with E-state index in [1.807, 2.05) is 13.8 Å². The van der Waals surface area contributed by atoms with Gasteiger partial charge in [0, 0.05) is 23.0 Å². The van der Waals surface area contributed by atoms with Gasteiger partial charge in [0.05, 0.1) is 19.3 Å². The van der Waals surface area contributed by atoms with E-state index in [2.05, 4.69) is 5.32 Å². The van der Waals surface area contributed by atoms with Crippen molar-refractivity contribution in [2.24, 2.45) is 0 Å². The standard InChI is InChI=1S/C23H30N2O6S2/c1-6-31-23(27)20-15(3)16(4)32-22(20)24-21(26)17-10-11-18(30-5)19(13-17)33(28,29)25-12-8-7-9-14(25)2/h10-11,13-14H,6-9,12H2,1-5H3,(H,24,26)/t14-/m0/s1. The van der Waals surface area contributed by atoms with Crippen LogP contribution in [0.3, 0.4) is 0 Å². The molecular formula is C23H30N2O6S2. The molecule has 0 unspecified atom stereocenters. The van der Waals surface area contributed by atoms with Crippen LogP contribution >= 0.6 is 11.3 Å². The van der Waals surface area contributed by atoms with Crippen molar-refractivity contribution < 1.29 is 27.5 Å². The Morgan fingerprint density at radius 3 is 2.61 bits per heavy atom. The van der Waals surface area contributed by atoms with Crippen molar-refractivity contribution in [2.45, 2.75) is 57.9 Å². The lowest BCUT2D eigenvalue weighted by Gasteiger charge is -2.32. The molecule has 0 bridgehead atoms. The van der Waals surface area contributed by atoms with Crippen LogP contribution in [0.5, 0.6) is 5.75 Å². The van der Waals surface area contributed by atoms with Crippen LogP contribution in [0.15, 0.2) is 23.1 Å². The summed E-state index contributed by atoms with van der Waals surface area (Å²) < 4.78 is 38.8. The number of aryl methyl sites for hydroxylation is 1. The maximum absolute atomic E-state index is 13.4. The Bertz CT molecular complexity index is 1160. The second-order valence-corrected chi connectivity index (χ2v) is 11.1. The van der Waals surface area contributed by atoms with E-state index in [0.717, 1.165) is 29.7 Å². The third-order valence-corrected chi connectivity index (χ3v) is 9.00. The average molecular weight is 495 g/mol. The number of amides is 1. The number of ether oxygens (including phenoxy) is 2. The Morgan fingerprint density at radius 1 is 1.24 bits per heavy atom. The molecule has 33 heavy (non-hydrogen) atoms. The number of anilines is 1. The lowest BCUT2D eigenvalue weighted by molar-refractivity contribution is 0.0527. The maximum atomic E-state index is 13.4. The van der Waals surface area contributed by atoms with Crippen molar-refractivity contribution in [1.29, 1.82) is 0 Å². The number of carbonyl (C=O) groups excluding carboxylic acids is 2. The number of sulfonamides is 1. The fourth-order valence-corrected chi connectivity index (χ4v) is 6.84. The molecule has 0 aliphatic carbocycles. The van der Waals surface area contributed by atoms with E-state index in [0.29, 0.717) is 17.1 Å². The molecule has 0 radical (unpaired) electrons. The summed E-state index contributed by atoms with van der Waals surface area (Å²) in [4.78, 5) is 26.3. The molecule has 1 aliphatic rings. The lowest BCUT2D eigenvalue weighted by atomic mass is 10.1.